The number of thiazole rings is 1. The van der Waals surface area contributed by atoms with Gasteiger partial charge in [-0.1, -0.05) is 0 Å². The Morgan fingerprint density at radius 2 is 2.22 bits per heavy atom. The molecule has 1 aliphatic heterocycles. The number of amides is 1. The van der Waals surface area contributed by atoms with Crippen molar-refractivity contribution in [3.63, 3.8) is 0 Å². The third kappa shape index (κ3) is 3.83. The highest BCUT2D eigenvalue weighted by atomic mass is 32.1. The summed E-state index contributed by atoms with van der Waals surface area (Å²) in [5, 5.41) is 5.92. The number of nitrogens with one attached hydrogen (secondary N) is 1. The number of hydrogen-bond acceptors (Lipinski definition) is 7. The molecule has 2 aromatic rings. The van der Waals surface area contributed by atoms with Crippen LogP contribution in [0.1, 0.15) is 17.4 Å². The predicted octanol–water partition coefficient (Wildman–Crippen LogP) is 1.47. The summed E-state index contributed by atoms with van der Waals surface area (Å²) in [6, 6.07) is 1.95. The molecule has 1 fully saturated rings. The van der Waals surface area contributed by atoms with Crippen molar-refractivity contribution >= 4 is 28.2 Å². The Morgan fingerprint density at radius 3 is 2.87 bits per heavy atom. The molecule has 23 heavy (non-hydrogen) atoms. The molecule has 0 spiro atoms. The Hall–Kier alpha value is -2.06. The zero-order valence-corrected chi connectivity index (χ0v) is 14.3. The van der Waals surface area contributed by atoms with Crippen LogP contribution in [0.5, 0.6) is 0 Å². The number of anilines is 2. The number of carbonyl (C=O) groups is 1. The fourth-order valence-corrected chi connectivity index (χ4v) is 3.03. The largest absolute Gasteiger partial charge is 0.340 e. The molecule has 122 valence electrons. The van der Waals surface area contributed by atoms with Crippen molar-refractivity contribution in [2.45, 2.75) is 12.8 Å². The lowest BCUT2D eigenvalue weighted by Gasteiger charge is -2.39. The van der Waals surface area contributed by atoms with Gasteiger partial charge in [0.1, 0.15) is 11.6 Å². The Bertz CT molecular complexity index is 681. The average Bonchev–Trinajstić information content (AvgIpc) is 2.88. The molecule has 0 atom stereocenters. The molecule has 3 rings (SSSR count). The van der Waals surface area contributed by atoms with Gasteiger partial charge in [-0.25, -0.2) is 15.0 Å². The summed E-state index contributed by atoms with van der Waals surface area (Å²) in [5.41, 5.74) is 0.977. The molecule has 1 saturated heterocycles. The number of carbonyl (C=O) groups excluding carboxylic acids is 1. The highest BCUT2D eigenvalue weighted by Crippen LogP contribution is 2.28. The van der Waals surface area contributed by atoms with Gasteiger partial charge in [0.2, 0.25) is 5.91 Å². The van der Waals surface area contributed by atoms with Crippen LogP contribution in [-0.2, 0) is 4.79 Å². The fourth-order valence-electron chi connectivity index (χ4n) is 2.50. The normalized spacial score (nSPS) is 14.9. The Kier molecular flexibility index (Phi) is 4.53. The maximum absolute atomic E-state index is 12.0. The third-order valence-corrected chi connectivity index (χ3v) is 4.32. The van der Waals surface area contributed by atoms with Crippen molar-refractivity contribution < 1.29 is 4.79 Å². The van der Waals surface area contributed by atoms with Crippen molar-refractivity contribution in [3.8, 4) is 0 Å². The van der Waals surface area contributed by atoms with E-state index in [2.05, 4.69) is 20.3 Å². The number of aromatic nitrogens is 3. The van der Waals surface area contributed by atoms with Crippen LogP contribution in [0, 0.1) is 6.92 Å². The summed E-state index contributed by atoms with van der Waals surface area (Å²) in [7, 11) is 3.80. The second-order valence-electron chi connectivity index (χ2n) is 5.92. The molecule has 0 bridgehead atoms. The van der Waals surface area contributed by atoms with E-state index < -0.39 is 0 Å². The van der Waals surface area contributed by atoms with Crippen LogP contribution in [-0.4, -0.2) is 64.4 Å². The van der Waals surface area contributed by atoms with Gasteiger partial charge in [0.15, 0.2) is 5.13 Å². The van der Waals surface area contributed by atoms with Gasteiger partial charge < -0.3 is 15.1 Å². The summed E-state index contributed by atoms with van der Waals surface area (Å²) >= 11 is 1.53. The number of rotatable bonds is 5. The summed E-state index contributed by atoms with van der Waals surface area (Å²) in [6.45, 7) is 3.77. The lowest BCUT2D eigenvalue weighted by Crippen LogP contribution is -2.51. The first-order valence-electron chi connectivity index (χ1n) is 7.46. The van der Waals surface area contributed by atoms with E-state index in [1.54, 1.807) is 6.20 Å². The van der Waals surface area contributed by atoms with E-state index in [4.69, 9.17) is 0 Å². The van der Waals surface area contributed by atoms with Crippen LogP contribution in [0.25, 0.3) is 0 Å². The molecule has 2 aromatic heterocycles. The molecular formula is C15H20N6OS. The summed E-state index contributed by atoms with van der Waals surface area (Å²) in [4.78, 5) is 28.9. The van der Waals surface area contributed by atoms with Gasteiger partial charge in [-0.05, 0) is 21.0 Å². The van der Waals surface area contributed by atoms with E-state index in [0.29, 0.717) is 6.54 Å². The van der Waals surface area contributed by atoms with Gasteiger partial charge in [-0.3, -0.25) is 4.79 Å². The lowest BCUT2D eigenvalue weighted by molar-refractivity contribution is -0.136. The number of likely N-dealkylation sites (N-methyl/N-ethyl adjacent to an activating group) is 1. The smallest absolute Gasteiger partial charge is 0.236 e. The van der Waals surface area contributed by atoms with Gasteiger partial charge in [-0.15, -0.1) is 11.3 Å². The average molecular weight is 332 g/mol. The summed E-state index contributed by atoms with van der Waals surface area (Å²) in [5.74, 6) is 1.91. The van der Waals surface area contributed by atoms with Gasteiger partial charge in [0, 0.05) is 36.7 Å². The van der Waals surface area contributed by atoms with E-state index in [1.807, 2.05) is 42.3 Å². The third-order valence-electron chi connectivity index (χ3n) is 3.63. The Morgan fingerprint density at radius 1 is 1.43 bits per heavy atom. The minimum absolute atomic E-state index is 0.165. The Labute approximate surface area is 139 Å². The molecule has 0 aliphatic carbocycles. The van der Waals surface area contributed by atoms with Gasteiger partial charge >= 0.3 is 0 Å². The number of likely N-dealkylation sites (tertiary alicyclic amines) is 1. The second-order valence-corrected chi connectivity index (χ2v) is 6.82. The van der Waals surface area contributed by atoms with Gasteiger partial charge in [0.25, 0.3) is 0 Å². The first-order valence-corrected chi connectivity index (χ1v) is 8.34. The number of nitrogens with zero attached hydrogens (tertiary/aromatic N) is 5. The molecule has 0 radical (unpaired) electrons. The molecule has 1 aliphatic rings. The van der Waals surface area contributed by atoms with Crippen molar-refractivity contribution in [2.75, 3.05) is 39.0 Å². The van der Waals surface area contributed by atoms with Crippen LogP contribution in [0.15, 0.2) is 17.6 Å². The van der Waals surface area contributed by atoms with Crippen LogP contribution in [0.2, 0.25) is 0 Å². The van der Waals surface area contributed by atoms with Crippen LogP contribution in [0.3, 0.4) is 0 Å². The number of aryl methyl sites for hydroxylation is 1. The molecule has 7 nitrogen and oxygen atoms in total. The predicted molar refractivity (Wildman–Crippen MR) is 90.0 cm³/mol. The molecular weight excluding hydrogens is 312 g/mol. The summed E-state index contributed by atoms with van der Waals surface area (Å²) < 4.78 is 0. The van der Waals surface area contributed by atoms with Crippen molar-refractivity contribution in [3.05, 3.63) is 29.2 Å². The first-order chi connectivity index (χ1) is 11.0. The Balaban J connectivity index is 1.65. The second kappa shape index (κ2) is 6.59. The minimum Gasteiger partial charge on any atom is -0.340 e. The molecule has 0 saturated carbocycles. The topological polar surface area (TPSA) is 74.2 Å². The van der Waals surface area contributed by atoms with Gasteiger partial charge in [-0.2, -0.15) is 0 Å². The molecule has 0 unspecified atom stereocenters. The molecule has 8 heteroatoms. The van der Waals surface area contributed by atoms with E-state index in [0.717, 1.165) is 35.6 Å². The van der Waals surface area contributed by atoms with Crippen molar-refractivity contribution in [2.24, 2.45) is 0 Å². The fraction of sp³-hybridized carbons (Fsp3) is 0.467. The van der Waals surface area contributed by atoms with E-state index in [-0.39, 0.29) is 11.8 Å². The lowest BCUT2D eigenvalue weighted by atomic mass is 9.95. The standard InChI is InChI=1S/C15H20N6OS/c1-10-17-12(6-13(18-10)19-15-16-4-5-23-15)11-7-21(8-11)14(22)9-20(2)3/h4-6,11H,7-9H2,1-3H3,(H,16,17,18,19). The molecule has 1 N–H and O–H groups in total. The maximum Gasteiger partial charge on any atom is 0.236 e. The van der Waals surface area contributed by atoms with E-state index in [9.17, 15) is 4.79 Å². The van der Waals surface area contributed by atoms with Crippen molar-refractivity contribution in [1.82, 2.24) is 24.8 Å². The van der Waals surface area contributed by atoms with Crippen LogP contribution < -0.4 is 5.32 Å². The maximum atomic E-state index is 12.0. The quantitative estimate of drug-likeness (QED) is 0.894. The zero-order valence-electron chi connectivity index (χ0n) is 13.5. The minimum atomic E-state index is 0.165. The van der Waals surface area contributed by atoms with Crippen LogP contribution >= 0.6 is 11.3 Å². The zero-order chi connectivity index (χ0) is 16.4. The highest BCUT2D eigenvalue weighted by molar-refractivity contribution is 7.13. The van der Waals surface area contributed by atoms with Gasteiger partial charge in [0.05, 0.1) is 12.2 Å². The molecule has 0 aromatic carbocycles. The SMILES string of the molecule is Cc1nc(Nc2nccs2)cc(C2CN(C(=O)CN(C)C)C2)n1. The van der Waals surface area contributed by atoms with E-state index in [1.165, 1.54) is 11.3 Å². The molecule has 1 amide bonds. The monoisotopic (exact) mass is 332 g/mol. The van der Waals surface area contributed by atoms with Crippen molar-refractivity contribution in [1.29, 1.82) is 0 Å². The van der Waals surface area contributed by atoms with E-state index >= 15 is 0 Å². The molecule has 3 heterocycles. The highest BCUT2D eigenvalue weighted by Gasteiger charge is 2.33. The summed E-state index contributed by atoms with van der Waals surface area (Å²) in [6.07, 6.45) is 1.75. The number of hydrogen-bond donors (Lipinski definition) is 1. The van der Waals surface area contributed by atoms with Crippen LogP contribution in [0.4, 0.5) is 10.9 Å². The first kappa shape index (κ1) is 15.8.